The number of nitrogen functional groups attached to an aromatic ring is 1. The van der Waals surface area contributed by atoms with Crippen LogP contribution < -0.4 is 20.9 Å². The zero-order valence-electron chi connectivity index (χ0n) is 25.8. The van der Waals surface area contributed by atoms with Gasteiger partial charge in [0.05, 0.1) is 31.0 Å². The molecule has 2 aliphatic heterocycles. The minimum absolute atomic E-state index is 0.0668. The molecule has 234 valence electrons. The standard InChI is InChI=1S/C34H35N9O3/c1-21-3-4-25-15-24(7-10-30(25)43(21)22(2)44)23-5-8-27(9-6-23)38-31(45)16-28-19-42-20-29(26-17-36-34(35)37-18-26)40-33(32(42)39-28)41-11-13-46-14-12-41/h5-10,15,17-21H,3-4,11-14,16H2,1-2H3,(H,38,45)(H2,35,36,37)/t21-/m0/s1. The van der Waals surface area contributed by atoms with Crippen LogP contribution in [0.2, 0.25) is 0 Å². The molecule has 0 aliphatic carbocycles. The Labute approximate surface area is 266 Å². The molecular weight excluding hydrogens is 582 g/mol. The molecule has 7 rings (SSSR count). The first-order chi connectivity index (χ1) is 22.3. The van der Waals surface area contributed by atoms with Crippen molar-refractivity contribution < 1.29 is 14.3 Å². The minimum Gasteiger partial charge on any atom is -0.378 e. The van der Waals surface area contributed by atoms with Crippen LogP contribution in [0.1, 0.15) is 31.5 Å². The van der Waals surface area contributed by atoms with E-state index < -0.39 is 0 Å². The Balaban J connectivity index is 1.08. The Kier molecular flexibility index (Phi) is 7.79. The van der Waals surface area contributed by atoms with Crippen molar-refractivity contribution in [2.24, 2.45) is 0 Å². The van der Waals surface area contributed by atoms with E-state index in [2.05, 4.69) is 39.2 Å². The minimum atomic E-state index is -0.170. The van der Waals surface area contributed by atoms with Gasteiger partial charge in [-0.05, 0) is 60.7 Å². The maximum Gasteiger partial charge on any atom is 0.230 e. The summed E-state index contributed by atoms with van der Waals surface area (Å²) >= 11 is 0. The summed E-state index contributed by atoms with van der Waals surface area (Å²) in [5.74, 6) is 0.804. The number of benzene rings is 2. The van der Waals surface area contributed by atoms with Gasteiger partial charge in [0.2, 0.25) is 17.8 Å². The van der Waals surface area contributed by atoms with E-state index in [1.165, 1.54) is 5.56 Å². The number of imidazole rings is 1. The largest absolute Gasteiger partial charge is 0.378 e. The Bertz CT molecular complexity index is 1920. The van der Waals surface area contributed by atoms with Gasteiger partial charge in [0, 0.05) is 67.8 Å². The molecule has 12 nitrogen and oxygen atoms in total. The van der Waals surface area contributed by atoms with Gasteiger partial charge < -0.3 is 30.0 Å². The number of aryl methyl sites for hydroxylation is 1. The summed E-state index contributed by atoms with van der Waals surface area (Å²) in [6.07, 6.45) is 8.98. The molecule has 2 aliphatic rings. The number of fused-ring (bicyclic) bond motifs is 2. The monoisotopic (exact) mass is 617 g/mol. The van der Waals surface area contributed by atoms with Gasteiger partial charge in [-0.25, -0.2) is 19.9 Å². The van der Waals surface area contributed by atoms with Crippen molar-refractivity contribution in [1.82, 2.24) is 24.3 Å². The van der Waals surface area contributed by atoms with Crippen molar-refractivity contribution in [1.29, 1.82) is 0 Å². The lowest BCUT2D eigenvalue weighted by Crippen LogP contribution is -2.40. The summed E-state index contributed by atoms with van der Waals surface area (Å²) in [5.41, 5.74) is 13.4. The van der Waals surface area contributed by atoms with Gasteiger partial charge in [-0.1, -0.05) is 18.2 Å². The third kappa shape index (κ3) is 5.86. The fourth-order valence-corrected chi connectivity index (χ4v) is 6.24. The number of nitrogens with one attached hydrogen (secondary N) is 1. The highest BCUT2D eigenvalue weighted by molar-refractivity contribution is 5.94. The molecule has 3 N–H and O–H groups in total. The van der Waals surface area contributed by atoms with Crippen LogP contribution in [0, 0.1) is 0 Å². The first-order valence-corrected chi connectivity index (χ1v) is 15.4. The van der Waals surface area contributed by atoms with E-state index >= 15 is 0 Å². The number of anilines is 4. The summed E-state index contributed by atoms with van der Waals surface area (Å²) < 4.78 is 7.45. The highest BCUT2D eigenvalue weighted by Crippen LogP contribution is 2.34. The predicted molar refractivity (Wildman–Crippen MR) is 177 cm³/mol. The highest BCUT2D eigenvalue weighted by Gasteiger charge is 2.26. The van der Waals surface area contributed by atoms with Crippen molar-refractivity contribution in [2.75, 3.05) is 47.2 Å². The van der Waals surface area contributed by atoms with Crippen molar-refractivity contribution in [3.63, 3.8) is 0 Å². The van der Waals surface area contributed by atoms with Crippen LogP contribution in [-0.4, -0.2) is 68.5 Å². The van der Waals surface area contributed by atoms with E-state index in [4.69, 9.17) is 20.4 Å². The van der Waals surface area contributed by atoms with Crippen LogP contribution in [0.3, 0.4) is 0 Å². The molecule has 0 radical (unpaired) electrons. The summed E-state index contributed by atoms with van der Waals surface area (Å²) in [6, 6.07) is 14.3. The molecule has 1 fully saturated rings. The summed E-state index contributed by atoms with van der Waals surface area (Å²) in [5, 5.41) is 3.00. The summed E-state index contributed by atoms with van der Waals surface area (Å²) in [4.78, 5) is 47.3. The number of rotatable bonds is 6. The number of morpholine rings is 1. The Hall–Kier alpha value is -5.36. The lowest BCUT2D eigenvalue weighted by Gasteiger charge is -2.34. The van der Waals surface area contributed by atoms with Crippen LogP contribution >= 0.6 is 0 Å². The van der Waals surface area contributed by atoms with Gasteiger partial charge in [-0.2, -0.15) is 0 Å². The van der Waals surface area contributed by atoms with Crippen molar-refractivity contribution in [3.05, 3.63) is 78.5 Å². The van der Waals surface area contributed by atoms with E-state index in [0.29, 0.717) is 54.8 Å². The maximum absolute atomic E-state index is 13.1. The van der Waals surface area contributed by atoms with Gasteiger partial charge in [-0.3, -0.25) is 9.59 Å². The molecule has 46 heavy (non-hydrogen) atoms. The highest BCUT2D eigenvalue weighted by atomic mass is 16.5. The SMILES string of the molecule is CC(=O)N1c2ccc(-c3ccc(NC(=O)Cc4cn5cc(-c6cnc(N)nc6)nc(N6CCOCC6)c5n4)cc3)cc2CC[C@@H]1C. The lowest BCUT2D eigenvalue weighted by atomic mass is 9.93. The molecule has 5 aromatic rings. The number of carbonyl (C=O) groups excluding carboxylic acids is 2. The smallest absolute Gasteiger partial charge is 0.230 e. The van der Waals surface area contributed by atoms with Crippen LogP contribution in [0.25, 0.3) is 28.0 Å². The number of carbonyl (C=O) groups is 2. The molecule has 0 saturated carbocycles. The number of nitrogens with zero attached hydrogens (tertiary/aromatic N) is 7. The molecule has 0 bridgehead atoms. The second-order valence-electron chi connectivity index (χ2n) is 11.8. The second kappa shape index (κ2) is 12.2. The van der Waals surface area contributed by atoms with E-state index in [0.717, 1.165) is 35.2 Å². The van der Waals surface area contributed by atoms with E-state index in [1.807, 2.05) is 52.0 Å². The van der Waals surface area contributed by atoms with Gasteiger partial charge in [0.25, 0.3) is 0 Å². The predicted octanol–water partition coefficient (Wildman–Crippen LogP) is 4.14. The summed E-state index contributed by atoms with van der Waals surface area (Å²) in [6.45, 7) is 6.28. The zero-order valence-corrected chi connectivity index (χ0v) is 25.8. The quantitative estimate of drug-likeness (QED) is 0.287. The fourth-order valence-electron chi connectivity index (χ4n) is 6.24. The second-order valence-corrected chi connectivity index (χ2v) is 11.8. The molecule has 1 saturated heterocycles. The van der Waals surface area contributed by atoms with Crippen LogP contribution in [0.4, 0.5) is 23.1 Å². The Morgan fingerprint density at radius 1 is 0.978 bits per heavy atom. The van der Waals surface area contributed by atoms with Crippen LogP contribution in [0.15, 0.2) is 67.3 Å². The number of ether oxygens (including phenoxy) is 1. The van der Waals surface area contributed by atoms with Gasteiger partial charge in [0.15, 0.2) is 11.5 Å². The number of amides is 2. The molecule has 0 spiro atoms. The molecule has 2 amide bonds. The number of nitrogens with two attached hydrogens (primary N) is 1. The third-order valence-electron chi connectivity index (χ3n) is 8.54. The molecule has 3 aromatic heterocycles. The molecule has 12 heteroatoms. The zero-order chi connectivity index (χ0) is 31.8. The number of hydrogen-bond acceptors (Lipinski definition) is 9. The third-order valence-corrected chi connectivity index (χ3v) is 8.54. The average Bonchev–Trinajstić information content (AvgIpc) is 3.47. The van der Waals surface area contributed by atoms with Crippen LogP contribution in [0.5, 0.6) is 0 Å². The van der Waals surface area contributed by atoms with Crippen LogP contribution in [-0.2, 0) is 27.2 Å². The topological polar surface area (TPSA) is 144 Å². The number of hydrogen-bond donors (Lipinski definition) is 2. The lowest BCUT2D eigenvalue weighted by molar-refractivity contribution is -0.117. The molecule has 2 aromatic carbocycles. The first kappa shape index (κ1) is 29.4. The van der Waals surface area contributed by atoms with E-state index in [9.17, 15) is 9.59 Å². The Morgan fingerprint density at radius 2 is 1.72 bits per heavy atom. The molecule has 0 unspecified atom stereocenters. The Morgan fingerprint density at radius 3 is 2.46 bits per heavy atom. The van der Waals surface area contributed by atoms with E-state index in [1.54, 1.807) is 19.3 Å². The van der Waals surface area contributed by atoms with E-state index in [-0.39, 0.29) is 30.2 Å². The van der Waals surface area contributed by atoms with Crippen molar-refractivity contribution in [2.45, 2.75) is 39.2 Å². The molecule has 1 atom stereocenters. The van der Waals surface area contributed by atoms with Crippen molar-refractivity contribution in [3.8, 4) is 22.4 Å². The van der Waals surface area contributed by atoms with Crippen molar-refractivity contribution >= 4 is 40.6 Å². The summed E-state index contributed by atoms with van der Waals surface area (Å²) in [7, 11) is 0. The average molecular weight is 618 g/mol. The fraction of sp³-hybridized carbons (Fsp3) is 0.294. The maximum atomic E-state index is 13.1. The molecular formula is C34H35N9O3. The number of aromatic nitrogens is 5. The first-order valence-electron chi connectivity index (χ1n) is 15.4. The van der Waals surface area contributed by atoms with Gasteiger partial charge in [0.1, 0.15) is 0 Å². The van der Waals surface area contributed by atoms with Gasteiger partial charge >= 0.3 is 0 Å². The van der Waals surface area contributed by atoms with Gasteiger partial charge in [-0.15, -0.1) is 0 Å². The molecule has 5 heterocycles. The normalized spacial score (nSPS) is 16.3.